The molecule has 0 aromatic carbocycles. The standard InChI is InChI=1S/C32H28ClN9O/c1-40-17-23(16-37-40)21-9-26(29-22(13-34)15-38-41(29)18-21)20-4-5-28(36-14-20)42-24-7-19-8-25(42)12-32(10-19,11-24)31(43)39-30-27(33)3-2-6-35-30/h2-6,9,14-19,24-25H,7-8,10-12H2,1H3,(H,35,39,43). The van der Waals surface area contributed by atoms with Crippen LogP contribution in [0.5, 0.6) is 0 Å². The Labute approximate surface area is 252 Å². The highest BCUT2D eigenvalue weighted by molar-refractivity contribution is 6.33. The van der Waals surface area contributed by atoms with Crippen molar-refractivity contribution in [1.29, 1.82) is 5.26 Å². The van der Waals surface area contributed by atoms with Crippen LogP contribution in [-0.2, 0) is 11.8 Å². The maximum absolute atomic E-state index is 13.7. The van der Waals surface area contributed by atoms with E-state index in [1.165, 1.54) is 0 Å². The molecular formula is C32H28ClN9O. The highest BCUT2D eigenvalue weighted by atomic mass is 35.5. The highest BCUT2D eigenvalue weighted by Gasteiger charge is 2.58. The molecule has 5 aromatic heterocycles. The Hall–Kier alpha value is -4.75. The molecule has 1 N–H and O–H groups in total. The van der Waals surface area contributed by atoms with Gasteiger partial charge in [-0.25, -0.2) is 14.5 Å². The first-order chi connectivity index (χ1) is 20.9. The first-order valence-corrected chi connectivity index (χ1v) is 14.9. The van der Waals surface area contributed by atoms with Gasteiger partial charge in [-0.05, 0) is 68.4 Å². The number of piperidine rings is 2. The van der Waals surface area contributed by atoms with Crippen LogP contribution in [0, 0.1) is 22.7 Å². The number of fused-ring (bicyclic) bond motifs is 1. The quantitative estimate of drug-likeness (QED) is 0.288. The summed E-state index contributed by atoms with van der Waals surface area (Å²) in [4.78, 5) is 25.3. The number of aromatic nitrogens is 6. The lowest BCUT2D eigenvalue weighted by Crippen LogP contribution is -2.64. The number of hydrogen-bond donors (Lipinski definition) is 1. The van der Waals surface area contributed by atoms with E-state index < -0.39 is 5.41 Å². The van der Waals surface area contributed by atoms with E-state index >= 15 is 0 Å². The lowest BCUT2D eigenvalue weighted by Gasteiger charge is -2.61. The second-order valence-electron chi connectivity index (χ2n) is 12.1. The molecule has 1 amide bonds. The normalized spacial score (nSPS) is 23.9. The molecule has 2 aliphatic heterocycles. The van der Waals surface area contributed by atoms with Gasteiger partial charge >= 0.3 is 0 Å². The van der Waals surface area contributed by atoms with Gasteiger partial charge in [-0.1, -0.05) is 11.6 Å². The average Bonchev–Trinajstić information content (AvgIpc) is 3.63. The molecule has 10 nitrogen and oxygen atoms in total. The predicted molar refractivity (Wildman–Crippen MR) is 162 cm³/mol. The Morgan fingerprint density at radius 2 is 1.86 bits per heavy atom. The zero-order valence-electron chi connectivity index (χ0n) is 23.5. The van der Waals surface area contributed by atoms with Crippen LogP contribution in [0.25, 0.3) is 27.8 Å². The summed E-state index contributed by atoms with van der Waals surface area (Å²) in [7, 11) is 1.89. The van der Waals surface area contributed by atoms with Crippen LogP contribution in [-0.4, -0.2) is 47.4 Å². The van der Waals surface area contributed by atoms with E-state index in [0.29, 0.717) is 22.3 Å². The largest absolute Gasteiger partial charge is 0.351 e. The molecule has 2 atom stereocenters. The second-order valence-corrected chi connectivity index (χ2v) is 12.6. The summed E-state index contributed by atoms with van der Waals surface area (Å²) in [6.45, 7) is 0. The Kier molecular flexibility index (Phi) is 5.81. The fourth-order valence-corrected chi connectivity index (χ4v) is 8.01. The Bertz CT molecular complexity index is 1920. The maximum atomic E-state index is 13.7. The minimum atomic E-state index is -0.415. The van der Waals surface area contributed by atoms with Crippen molar-refractivity contribution in [3.05, 3.63) is 78.1 Å². The van der Waals surface area contributed by atoms with Gasteiger partial charge in [0.2, 0.25) is 5.91 Å². The summed E-state index contributed by atoms with van der Waals surface area (Å²) in [5.41, 5.74) is 4.56. The second kappa shape index (κ2) is 9.64. The van der Waals surface area contributed by atoms with Crippen LogP contribution < -0.4 is 10.2 Å². The molecule has 0 spiro atoms. The summed E-state index contributed by atoms with van der Waals surface area (Å²) in [5, 5.41) is 22.1. The number of hydrogen-bond acceptors (Lipinski definition) is 7. The number of rotatable bonds is 5. The van der Waals surface area contributed by atoms with Gasteiger partial charge < -0.3 is 10.2 Å². The third-order valence-corrected chi connectivity index (χ3v) is 9.80. The van der Waals surface area contributed by atoms with E-state index in [0.717, 1.165) is 65.7 Å². The van der Waals surface area contributed by atoms with Gasteiger partial charge in [-0.3, -0.25) is 9.48 Å². The molecular weight excluding hydrogens is 562 g/mol. The first kappa shape index (κ1) is 25.9. The number of carbonyl (C=O) groups is 1. The molecule has 2 aliphatic carbocycles. The number of halogens is 1. The lowest BCUT2D eigenvalue weighted by molar-refractivity contribution is -0.134. The highest BCUT2D eigenvalue weighted by Crippen LogP contribution is 2.57. The van der Waals surface area contributed by atoms with E-state index in [2.05, 4.69) is 49.7 Å². The van der Waals surface area contributed by atoms with Crippen molar-refractivity contribution in [2.24, 2.45) is 18.4 Å². The molecule has 4 fully saturated rings. The van der Waals surface area contributed by atoms with Crippen LogP contribution >= 0.6 is 11.6 Å². The minimum absolute atomic E-state index is 0.0297. The Morgan fingerprint density at radius 1 is 1.02 bits per heavy atom. The summed E-state index contributed by atoms with van der Waals surface area (Å²) in [5.74, 6) is 1.91. The number of anilines is 2. The molecule has 214 valence electrons. The number of amides is 1. The molecule has 5 aromatic rings. The predicted octanol–water partition coefficient (Wildman–Crippen LogP) is 5.49. The van der Waals surface area contributed by atoms with Crippen LogP contribution in [0.4, 0.5) is 11.6 Å². The van der Waals surface area contributed by atoms with Crippen molar-refractivity contribution in [3.8, 4) is 28.3 Å². The van der Waals surface area contributed by atoms with Gasteiger partial charge in [-0.15, -0.1) is 0 Å². The van der Waals surface area contributed by atoms with Gasteiger partial charge in [-0.2, -0.15) is 15.5 Å². The van der Waals surface area contributed by atoms with Gasteiger partial charge in [0, 0.05) is 66.2 Å². The molecule has 9 rings (SSSR count). The first-order valence-electron chi connectivity index (χ1n) is 14.5. The molecule has 2 unspecified atom stereocenters. The van der Waals surface area contributed by atoms with E-state index in [1.54, 1.807) is 33.7 Å². The molecule has 2 saturated carbocycles. The molecule has 2 saturated heterocycles. The van der Waals surface area contributed by atoms with Crippen molar-refractivity contribution >= 4 is 34.7 Å². The topological polar surface area (TPSA) is 117 Å². The number of nitrogens with zero attached hydrogens (tertiary/aromatic N) is 8. The van der Waals surface area contributed by atoms with Crippen molar-refractivity contribution < 1.29 is 4.79 Å². The fourth-order valence-electron chi connectivity index (χ4n) is 7.85. The van der Waals surface area contributed by atoms with Crippen LogP contribution in [0.1, 0.15) is 37.7 Å². The Morgan fingerprint density at radius 3 is 2.56 bits per heavy atom. The van der Waals surface area contributed by atoms with Crippen molar-refractivity contribution in [2.45, 2.75) is 44.2 Å². The fraction of sp³-hybridized carbons (Fsp3) is 0.312. The zero-order chi connectivity index (χ0) is 29.3. The molecule has 0 radical (unpaired) electrons. The zero-order valence-corrected chi connectivity index (χ0v) is 24.2. The van der Waals surface area contributed by atoms with E-state index in [-0.39, 0.29) is 18.0 Å². The number of pyridine rings is 3. The van der Waals surface area contributed by atoms with Gasteiger partial charge in [0.1, 0.15) is 11.9 Å². The lowest BCUT2D eigenvalue weighted by atomic mass is 9.55. The molecule has 43 heavy (non-hydrogen) atoms. The number of nitrogens with one attached hydrogen (secondary N) is 1. The number of carbonyl (C=O) groups excluding carboxylic acids is 1. The number of nitriles is 1. The van der Waals surface area contributed by atoms with Crippen molar-refractivity contribution in [2.75, 3.05) is 10.2 Å². The number of aryl methyl sites for hydroxylation is 1. The van der Waals surface area contributed by atoms with Crippen LogP contribution in [0.15, 0.2) is 67.5 Å². The third kappa shape index (κ3) is 4.18. The summed E-state index contributed by atoms with van der Waals surface area (Å²) < 4.78 is 3.52. The van der Waals surface area contributed by atoms with E-state index in [1.807, 2.05) is 31.8 Å². The minimum Gasteiger partial charge on any atom is -0.351 e. The van der Waals surface area contributed by atoms with Crippen molar-refractivity contribution in [3.63, 3.8) is 0 Å². The molecule has 4 aliphatic rings. The van der Waals surface area contributed by atoms with Crippen LogP contribution in [0.2, 0.25) is 5.02 Å². The van der Waals surface area contributed by atoms with Gasteiger partial charge in [0.15, 0.2) is 5.82 Å². The van der Waals surface area contributed by atoms with E-state index in [4.69, 9.17) is 16.6 Å². The molecule has 7 heterocycles. The van der Waals surface area contributed by atoms with Crippen LogP contribution in [0.3, 0.4) is 0 Å². The van der Waals surface area contributed by atoms with Gasteiger partial charge in [0.05, 0.1) is 33.9 Å². The molecule has 4 bridgehead atoms. The summed E-state index contributed by atoms with van der Waals surface area (Å²) >= 11 is 6.30. The average molecular weight is 590 g/mol. The molecule has 11 heteroatoms. The van der Waals surface area contributed by atoms with Gasteiger partial charge in [0.25, 0.3) is 0 Å². The van der Waals surface area contributed by atoms with E-state index in [9.17, 15) is 10.1 Å². The monoisotopic (exact) mass is 589 g/mol. The SMILES string of the molecule is Cn1cc(-c2cc(-c3ccc(N4C5CC6CC4CC(C(=O)Nc4ncccc4Cl)(C6)C5)nc3)c3c(C#N)cnn3c2)cn1. The van der Waals surface area contributed by atoms with Crippen molar-refractivity contribution in [1.82, 2.24) is 29.4 Å². The summed E-state index contributed by atoms with van der Waals surface area (Å²) in [6, 6.07) is 12.5. The smallest absolute Gasteiger partial charge is 0.231 e. The Balaban J connectivity index is 1.10. The maximum Gasteiger partial charge on any atom is 0.231 e. The third-order valence-electron chi connectivity index (χ3n) is 9.50. The summed E-state index contributed by atoms with van der Waals surface area (Å²) in [6.07, 6.45) is 15.4.